The smallest absolute Gasteiger partial charge is 0.133 e. The minimum Gasteiger partial charge on any atom is -0.383 e. The van der Waals surface area contributed by atoms with E-state index < -0.39 is 0 Å². The summed E-state index contributed by atoms with van der Waals surface area (Å²) < 4.78 is 1.14. The standard InChI is InChI=1S/C12H13N3S3.ClH/c1-6(2)8-5-17-11(15-8)7-4-9(10(13)14)18-12(7)16-3;/h4-5H,1H2,2-3H3,(H3,13,14);1H. The number of thioether (sulfide) groups is 1. The molecule has 0 spiro atoms. The zero-order valence-corrected chi connectivity index (χ0v) is 13.8. The number of hydrogen-bond acceptors (Lipinski definition) is 5. The molecule has 2 aromatic heterocycles. The van der Waals surface area contributed by atoms with Crippen LogP contribution in [0.25, 0.3) is 16.1 Å². The number of thiazole rings is 1. The molecular formula is C12H14ClN3S3. The Bertz CT molecular complexity index is 616. The van der Waals surface area contributed by atoms with Crippen molar-refractivity contribution in [2.24, 2.45) is 5.73 Å². The van der Waals surface area contributed by atoms with Crippen molar-refractivity contribution >= 4 is 58.3 Å². The Morgan fingerprint density at radius 2 is 2.21 bits per heavy atom. The van der Waals surface area contributed by atoms with Gasteiger partial charge < -0.3 is 5.73 Å². The Balaban J connectivity index is 0.00000180. The molecule has 7 heteroatoms. The maximum atomic E-state index is 7.50. The summed E-state index contributed by atoms with van der Waals surface area (Å²) in [4.78, 5) is 5.36. The number of thiophene rings is 1. The van der Waals surface area contributed by atoms with Crippen LogP contribution >= 0.6 is 46.8 Å². The molecule has 0 radical (unpaired) electrons. The third-order valence-corrected chi connectivity index (χ3v) is 5.50. The van der Waals surface area contributed by atoms with E-state index in [2.05, 4.69) is 11.6 Å². The van der Waals surface area contributed by atoms with E-state index in [0.29, 0.717) is 0 Å². The molecule has 0 saturated heterocycles. The van der Waals surface area contributed by atoms with Crippen LogP contribution in [0, 0.1) is 5.41 Å². The summed E-state index contributed by atoms with van der Waals surface area (Å²) in [6, 6.07) is 1.94. The summed E-state index contributed by atoms with van der Waals surface area (Å²) in [5.74, 6) is 0.109. The lowest BCUT2D eigenvalue weighted by atomic mass is 10.3. The first-order valence-corrected chi connectivity index (χ1v) is 8.09. The lowest BCUT2D eigenvalue weighted by molar-refractivity contribution is 1.34. The van der Waals surface area contributed by atoms with Gasteiger partial charge in [0.1, 0.15) is 10.8 Å². The van der Waals surface area contributed by atoms with Crippen molar-refractivity contribution in [3.63, 3.8) is 0 Å². The van der Waals surface area contributed by atoms with Gasteiger partial charge in [0.2, 0.25) is 0 Å². The van der Waals surface area contributed by atoms with Crippen molar-refractivity contribution in [2.45, 2.75) is 11.1 Å². The van der Waals surface area contributed by atoms with E-state index >= 15 is 0 Å². The van der Waals surface area contributed by atoms with Crippen LogP contribution in [-0.4, -0.2) is 17.1 Å². The van der Waals surface area contributed by atoms with Crippen molar-refractivity contribution in [1.82, 2.24) is 4.98 Å². The normalized spacial score (nSPS) is 10.0. The van der Waals surface area contributed by atoms with Crippen LogP contribution in [0.5, 0.6) is 0 Å². The van der Waals surface area contributed by atoms with Crippen molar-refractivity contribution in [2.75, 3.05) is 6.26 Å². The van der Waals surface area contributed by atoms with E-state index in [-0.39, 0.29) is 18.2 Å². The monoisotopic (exact) mass is 331 g/mol. The highest BCUT2D eigenvalue weighted by atomic mass is 35.5. The van der Waals surface area contributed by atoms with Gasteiger partial charge in [0.25, 0.3) is 0 Å². The number of allylic oxidation sites excluding steroid dienone is 1. The zero-order valence-electron chi connectivity index (χ0n) is 10.5. The first kappa shape index (κ1) is 16.2. The average molecular weight is 332 g/mol. The summed E-state index contributed by atoms with van der Waals surface area (Å²) in [7, 11) is 0. The van der Waals surface area contributed by atoms with E-state index in [9.17, 15) is 0 Å². The number of nitrogens with zero attached hydrogens (tertiary/aromatic N) is 1. The van der Waals surface area contributed by atoms with Crippen molar-refractivity contribution in [3.8, 4) is 10.6 Å². The number of amidine groups is 1. The van der Waals surface area contributed by atoms with Gasteiger partial charge in [-0.05, 0) is 24.8 Å². The molecule has 2 aromatic rings. The van der Waals surface area contributed by atoms with Crippen LogP contribution in [0.1, 0.15) is 17.5 Å². The summed E-state index contributed by atoms with van der Waals surface area (Å²) in [6.07, 6.45) is 2.02. The SMILES string of the molecule is C=C(C)c1csc(-c2cc(C(=N)N)sc2SC)n1.Cl. The maximum absolute atomic E-state index is 7.50. The minimum atomic E-state index is 0. The van der Waals surface area contributed by atoms with Gasteiger partial charge in [-0.3, -0.25) is 5.41 Å². The van der Waals surface area contributed by atoms with Gasteiger partial charge in [-0.15, -0.1) is 46.8 Å². The Hall–Kier alpha value is -0.820. The zero-order chi connectivity index (χ0) is 13.3. The Morgan fingerprint density at radius 3 is 2.68 bits per heavy atom. The number of halogens is 1. The molecule has 0 unspecified atom stereocenters. The van der Waals surface area contributed by atoms with Gasteiger partial charge >= 0.3 is 0 Å². The molecule has 0 aromatic carbocycles. The van der Waals surface area contributed by atoms with E-state index in [1.807, 2.05) is 24.6 Å². The molecular weight excluding hydrogens is 318 g/mol. The molecule has 0 aliphatic rings. The molecule has 0 aliphatic heterocycles. The highest BCUT2D eigenvalue weighted by molar-refractivity contribution is 8.00. The van der Waals surface area contributed by atoms with E-state index in [4.69, 9.17) is 11.1 Å². The van der Waals surface area contributed by atoms with Crippen LogP contribution in [0.15, 0.2) is 22.2 Å². The fourth-order valence-corrected chi connectivity index (χ4v) is 4.18. The average Bonchev–Trinajstić information content (AvgIpc) is 2.95. The maximum Gasteiger partial charge on any atom is 0.133 e. The Morgan fingerprint density at radius 1 is 1.53 bits per heavy atom. The number of nitrogen functional groups attached to an aromatic ring is 1. The van der Waals surface area contributed by atoms with Gasteiger partial charge in [-0.2, -0.15) is 0 Å². The largest absolute Gasteiger partial charge is 0.383 e. The molecule has 2 heterocycles. The summed E-state index contributed by atoms with van der Waals surface area (Å²) in [5, 5.41) is 10.5. The Labute approximate surface area is 130 Å². The second-order valence-corrected chi connectivity index (χ2v) is 6.73. The fourth-order valence-electron chi connectivity index (χ4n) is 1.40. The second-order valence-electron chi connectivity index (χ2n) is 3.75. The highest BCUT2D eigenvalue weighted by Gasteiger charge is 2.15. The lowest BCUT2D eigenvalue weighted by Crippen LogP contribution is -2.08. The third-order valence-electron chi connectivity index (χ3n) is 2.32. The van der Waals surface area contributed by atoms with Gasteiger partial charge in [0.15, 0.2) is 0 Å². The molecule has 3 N–H and O–H groups in total. The fraction of sp³-hybridized carbons (Fsp3) is 0.167. The van der Waals surface area contributed by atoms with Crippen molar-refractivity contribution in [1.29, 1.82) is 5.41 Å². The van der Waals surface area contributed by atoms with Gasteiger partial charge in [-0.25, -0.2) is 4.98 Å². The predicted octanol–water partition coefficient (Wildman–Crippen LogP) is 4.33. The quantitative estimate of drug-likeness (QED) is 0.498. The number of aromatic nitrogens is 1. The Kier molecular flexibility index (Phi) is 5.61. The highest BCUT2D eigenvalue weighted by Crippen LogP contribution is 2.39. The lowest BCUT2D eigenvalue weighted by Gasteiger charge is -1.95. The van der Waals surface area contributed by atoms with Gasteiger partial charge in [0, 0.05) is 10.9 Å². The molecule has 102 valence electrons. The second kappa shape index (κ2) is 6.56. The first-order valence-electron chi connectivity index (χ1n) is 5.17. The minimum absolute atomic E-state index is 0. The molecule has 0 saturated carbocycles. The molecule has 0 aliphatic carbocycles. The van der Waals surface area contributed by atoms with Crippen LogP contribution in [0.3, 0.4) is 0 Å². The van der Waals surface area contributed by atoms with Crippen molar-refractivity contribution in [3.05, 3.63) is 28.6 Å². The summed E-state index contributed by atoms with van der Waals surface area (Å²) in [6.45, 7) is 5.84. The molecule has 0 bridgehead atoms. The van der Waals surface area contributed by atoms with Gasteiger partial charge in [-0.1, -0.05) is 6.58 Å². The number of rotatable bonds is 4. The summed E-state index contributed by atoms with van der Waals surface area (Å²) >= 11 is 4.79. The molecule has 0 amide bonds. The number of nitrogens with one attached hydrogen (secondary N) is 1. The molecule has 2 rings (SSSR count). The molecule has 0 fully saturated rings. The predicted molar refractivity (Wildman–Crippen MR) is 90.2 cm³/mol. The van der Waals surface area contributed by atoms with Crippen LogP contribution in [-0.2, 0) is 0 Å². The summed E-state index contributed by atoms with van der Waals surface area (Å²) in [5.41, 5.74) is 8.49. The van der Waals surface area contributed by atoms with Crippen molar-refractivity contribution < 1.29 is 0 Å². The topological polar surface area (TPSA) is 62.8 Å². The molecule has 0 atom stereocenters. The van der Waals surface area contributed by atoms with E-state index in [1.54, 1.807) is 23.1 Å². The first-order chi connectivity index (χ1) is 8.52. The van der Waals surface area contributed by atoms with Crippen LogP contribution in [0.2, 0.25) is 0 Å². The number of hydrogen-bond donors (Lipinski definition) is 2. The number of nitrogens with two attached hydrogens (primary N) is 1. The van der Waals surface area contributed by atoms with Gasteiger partial charge in [0.05, 0.1) is 14.8 Å². The van der Waals surface area contributed by atoms with E-state index in [1.165, 1.54) is 11.3 Å². The molecule has 19 heavy (non-hydrogen) atoms. The van der Waals surface area contributed by atoms with E-state index in [0.717, 1.165) is 30.9 Å². The van der Waals surface area contributed by atoms with Crippen LogP contribution in [0.4, 0.5) is 0 Å². The van der Waals surface area contributed by atoms with Crippen LogP contribution < -0.4 is 5.73 Å². The molecule has 3 nitrogen and oxygen atoms in total. The third kappa shape index (κ3) is 3.39.